The van der Waals surface area contributed by atoms with E-state index < -0.39 is 17.2 Å². The first-order chi connectivity index (χ1) is 17.3. The lowest BCUT2D eigenvalue weighted by Gasteiger charge is -2.56. The summed E-state index contributed by atoms with van der Waals surface area (Å²) in [6.07, 6.45) is 6.17. The summed E-state index contributed by atoms with van der Waals surface area (Å²) in [7, 11) is 0. The highest BCUT2D eigenvalue weighted by atomic mass is 35.5. The van der Waals surface area contributed by atoms with E-state index in [4.69, 9.17) is 27.9 Å². The number of carbonyl (C=O) groups excluding carboxylic acids is 2. The lowest BCUT2D eigenvalue weighted by atomic mass is 9.60. The second kappa shape index (κ2) is 10.1. The van der Waals surface area contributed by atoms with E-state index in [0.29, 0.717) is 53.6 Å². The maximum atomic E-state index is 13.0. The number of aromatic nitrogens is 1. The maximum Gasteiger partial charge on any atom is 0.270 e. The molecule has 0 spiro atoms. The number of nitrogens with zero attached hydrogens (tertiary/aromatic N) is 2. The molecule has 3 aliphatic carbocycles. The van der Waals surface area contributed by atoms with Crippen molar-refractivity contribution in [3.63, 3.8) is 0 Å². The van der Waals surface area contributed by atoms with Crippen molar-refractivity contribution >= 4 is 40.7 Å². The number of halogens is 2. The fourth-order valence-electron chi connectivity index (χ4n) is 5.68. The molecule has 1 aliphatic heterocycles. The number of rotatable bonds is 7. The first-order valence-electron chi connectivity index (χ1n) is 12.4. The molecule has 4 aliphatic rings. The number of nitrogens with one attached hydrogen (secondary N) is 2. The van der Waals surface area contributed by atoms with Crippen LogP contribution in [0.5, 0.6) is 5.75 Å². The van der Waals surface area contributed by atoms with Gasteiger partial charge in [0, 0.05) is 24.7 Å². The van der Waals surface area contributed by atoms with Gasteiger partial charge in [-0.2, -0.15) is 0 Å². The topological polar surface area (TPSA) is 104 Å². The lowest BCUT2D eigenvalue weighted by Crippen LogP contribution is -2.70. The van der Waals surface area contributed by atoms with Crippen molar-refractivity contribution in [2.45, 2.75) is 62.1 Å². The minimum atomic E-state index is -0.778. The third-order valence-corrected chi connectivity index (χ3v) is 8.54. The van der Waals surface area contributed by atoms with Crippen LogP contribution in [0.3, 0.4) is 0 Å². The Morgan fingerprint density at radius 2 is 1.81 bits per heavy atom. The van der Waals surface area contributed by atoms with Gasteiger partial charge in [-0.25, -0.2) is 4.98 Å². The molecule has 1 aromatic heterocycles. The van der Waals surface area contributed by atoms with Gasteiger partial charge < -0.3 is 25.4 Å². The monoisotopic (exact) mass is 532 g/mol. The number of ether oxygens (including phenoxy) is 1. The molecular formula is C26H30Cl2N4O4. The van der Waals surface area contributed by atoms with Crippen LogP contribution in [0.4, 0.5) is 5.69 Å². The minimum absolute atomic E-state index is 0.201. The Balaban J connectivity index is 1.16. The molecule has 0 unspecified atom stereocenters. The number of aliphatic hydroxyl groups excluding tert-OH is 1. The first kappa shape index (κ1) is 25.1. The Morgan fingerprint density at radius 3 is 2.44 bits per heavy atom. The number of hydrogen-bond acceptors (Lipinski definition) is 6. The lowest BCUT2D eigenvalue weighted by molar-refractivity contribution is -0.132. The second-order valence-corrected chi connectivity index (χ2v) is 10.9. The van der Waals surface area contributed by atoms with Crippen molar-refractivity contribution in [3.8, 4) is 5.75 Å². The minimum Gasteiger partial charge on any atom is -0.484 e. The van der Waals surface area contributed by atoms with Crippen LogP contribution in [-0.4, -0.2) is 58.8 Å². The fourth-order valence-corrected chi connectivity index (χ4v) is 5.97. The fraction of sp³-hybridized carbons (Fsp3) is 0.500. The summed E-state index contributed by atoms with van der Waals surface area (Å²) in [5.41, 5.74) is 0.184. The molecule has 1 aromatic carbocycles. The number of benzene rings is 1. The van der Waals surface area contributed by atoms with E-state index in [0.717, 1.165) is 18.8 Å². The van der Waals surface area contributed by atoms with Crippen molar-refractivity contribution in [2.24, 2.45) is 0 Å². The number of aliphatic hydroxyl groups is 1. The third kappa shape index (κ3) is 5.12. The van der Waals surface area contributed by atoms with Crippen LogP contribution >= 0.6 is 23.2 Å². The zero-order chi connectivity index (χ0) is 25.3. The highest BCUT2D eigenvalue weighted by Gasteiger charge is 2.55. The van der Waals surface area contributed by atoms with Crippen molar-refractivity contribution in [3.05, 3.63) is 52.3 Å². The highest BCUT2D eigenvalue weighted by Crippen LogP contribution is 2.47. The normalized spacial score (nSPS) is 27.1. The van der Waals surface area contributed by atoms with Gasteiger partial charge in [-0.3, -0.25) is 9.59 Å². The van der Waals surface area contributed by atoms with E-state index in [1.54, 1.807) is 30.5 Å². The molecule has 3 saturated carbocycles. The van der Waals surface area contributed by atoms with Gasteiger partial charge in [0.1, 0.15) is 11.4 Å². The molecule has 0 radical (unpaired) electrons. The van der Waals surface area contributed by atoms with Gasteiger partial charge in [0.25, 0.3) is 11.8 Å². The molecule has 1 saturated heterocycles. The van der Waals surface area contributed by atoms with Crippen molar-refractivity contribution in [2.75, 3.05) is 24.6 Å². The Bertz CT molecular complexity index is 1130. The van der Waals surface area contributed by atoms with Gasteiger partial charge in [0.05, 0.1) is 33.6 Å². The second-order valence-electron chi connectivity index (χ2n) is 10.1. The molecule has 3 N–H and O–H groups in total. The predicted molar refractivity (Wildman–Crippen MR) is 138 cm³/mol. The average Bonchev–Trinajstić information content (AvgIpc) is 3.41. The van der Waals surface area contributed by atoms with Crippen LogP contribution in [0, 0.1) is 0 Å². The predicted octanol–water partition coefficient (Wildman–Crippen LogP) is 3.73. The summed E-state index contributed by atoms with van der Waals surface area (Å²) in [5, 5.41) is 17.9. The van der Waals surface area contributed by atoms with Gasteiger partial charge >= 0.3 is 0 Å². The summed E-state index contributed by atoms with van der Waals surface area (Å²) in [4.78, 5) is 32.3. The van der Waals surface area contributed by atoms with E-state index in [1.165, 1.54) is 12.8 Å². The van der Waals surface area contributed by atoms with Crippen LogP contribution in [0.2, 0.25) is 10.0 Å². The van der Waals surface area contributed by atoms with Crippen molar-refractivity contribution < 1.29 is 19.4 Å². The standard InChI is InChI=1S/C26H30Cl2N4O4/c27-19-5-4-18(13-20(19)28)36-16-23(34)30-26-9-7-25(8-10-26,14-22(26)33)31-24(35)21-6-3-17(15-29-21)32-11-1-2-12-32/h3-6,13,15,22,33H,1-2,7-12,14,16H2,(H,30,34)(H,31,35)/t22-,25?,26?/m0/s1. The van der Waals surface area contributed by atoms with Gasteiger partial charge in [0.15, 0.2) is 6.61 Å². The molecule has 192 valence electrons. The third-order valence-electron chi connectivity index (χ3n) is 7.80. The van der Waals surface area contributed by atoms with E-state index in [1.807, 2.05) is 6.07 Å². The number of anilines is 1. The van der Waals surface area contributed by atoms with Gasteiger partial charge in [-0.15, -0.1) is 0 Å². The zero-order valence-electron chi connectivity index (χ0n) is 19.9. The zero-order valence-corrected chi connectivity index (χ0v) is 21.4. The summed E-state index contributed by atoms with van der Waals surface area (Å²) in [5.74, 6) is -0.113. The number of fused-ring (bicyclic) bond motifs is 3. The number of hydrogen-bond donors (Lipinski definition) is 3. The number of carbonyl (C=O) groups is 2. The van der Waals surface area contributed by atoms with E-state index in [2.05, 4.69) is 20.5 Å². The molecular weight excluding hydrogens is 503 g/mol. The molecule has 2 amide bonds. The Labute approximate surface area is 220 Å². The molecule has 2 heterocycles. The highest BCUT2D eigenvalue weighted by molar-refractivity contribution is 6.42. The Morgan fingerprint density at radius 1 is 1.06 bits per heavy atom. The molecule has 8 nitrogen and oxygen atoms in total. The summed E-state index contributed by atoms with van der Waals surface area (Å²) in [6.45, 7) is 1.84. The Hall–Kier alpha value is -2.55. The van der Waals surface area contributed by atoms with Crippen LogP contribution in [0.25, 0.3) is 0 Å². The smallest absolute Gasteiger partial charge is 0.270 e. The Kier molecular flexibility index (Phi) is 7.03. The van der Waals surface area contributed by atoms with E-state index in [-0.39, 0.29) is 18.4 Å². The molecule has 10 heteroatoms. The van der Waals surface area contributed by atoms with Crippen LogP contribution in [0.1, 0.15) is 55.4 Å². The van der Waals surface area contributed by atoms with E-state index >= 15 is 0 Å². The summed E-state index contributed by atoms with van der Waals surface area (Å²) < 4.78 is 5.54. The molecule has 2 aromatic rings. The molecule has 6 rings (SSSR count). The van der Waals surface area contributed by atoms with E-state index in [9.17, 15) is 14.7 Å². The van der Waals surface area contributed by atoms with Gasteiger partial charge in [-0.1, -0.05) is 23.2 Å². The van der Waals surface area contributed by atoms with Crippen molar-refractivity contribution in [1.29, 1.82) is 0 Å². The molecule has 4 fully saturated rings. The van der Waals surface area contributed by atoms with Crippen LogP contribution in [0.15, 0.2) is 36.5 Å². The van der Waals surface area contributed by atoms with Crippen LogP contribution < -0.4 is 20.3 Å². The number of pyridine rings is 1. The molecule has 1 atom stereocenters. The maximum absolute atomic E-state index is 13.0. The first-order valence-corrected chi connectivity index (χ1v) is 13.1. The summed E-state index contributed by atoms with van der Waals surface area (Å²) in [6, 6.07) is 8.51. The van der Waals surface area contributed by atoms with Gasteiger partial charge in [0.2, 0.25) is 0 Å². The molecule has 36 heavy (non-hydrogen) atoms. The quantitative estimate of drug-likeness (QED) is 0.501. The molecule has 2 bridgehead atoms. The van der Waals surface area contributed by atoms with Gasteiger partial charge in [-0.05, 0) is 69.2 Å². The van der Waals surface area contributed by atoms with Crippen molar-refractivity contribution in [1.82, 2.24) is 15.6 Å². The number of amides is 2. The SMILES string of the molecule is O=C(COc1ccc(Cl)c(Cl)c1)NC12CCC(NC(=O)c3ccc(N4CCCC4)cn3)(CC1)C[C@@H]2O. The summed E-state index contributed by atoms with van der Waals surface area (Å²) >= 11 is 11.9. The average molecular weight is 533 g/mol. The van der Waals surface area contributed by atoms with Crippen LogP contribution in [-0.2, 0) is 4.79 Å². The largest absolute Gasteiger partial charge is 0.484 e.